The smallest absolute Gasteiger partial charge is 0.161 e. The van der Waals surface area contributed by atoms with E-state index < -0.39 is 0 Å². The van der Waals surface area contributed by atoms with Crippen molar-refractivity contribution in [2.24, 2.45) is 0 Å². The molecule has 0 amide bonds. The van der Waals surface area contributed by atoms with E-state index in [1.165, 1.54) is 11.1 Å². The van der Waals surface area contributed by atoms with Gasteiger partial charge in [-0.25, -0.2) is 0 Å². The average molecular weight is 355 g/mol. The number of benzene rings is 2. The number of hydrogen-bond donors (Lipinski definition) is 0. The van der Waals surface area contributed by atoms with E-state index in [2.05, 4.69) is 24.0 Å². The van der Waals surface area contributed by atoms with Gasteiger partial charge in [-0.05, 0) is 48.7 Å². The number of methoxy groups -OCH3 is 2. The fourth-order valence-electron chi connectivity index (χ4n) is 3.86. The Bertz CT molecular complexity index is 792. The number of rotatable bonds is 4. The zero-order valence-corrected chi connectivity index (χ0v) is 15.5. The summed E-state index contributed by atoms with van der Waals surface area (Å²) in [5.41, 5.74) is 2.63. The van der Waals surface area contributed by atoms with Crippen molar-refractivity contribution in [3.05, 3.63) is 47.5 Å². The largest absolute Gasteiger partial charge is 0.493 e. The second-order valence-electron chi connectivity index (χ2n) is 6.82. The Morgan fingerprint density at radius 2 is 1.81 bits per heavy atom. The molecule has 2 aromatic carbocycles. The number of ether oxygens (including phenoxy) is 4. The van der Waals surface area contributed by atoms with Gasteiger partial charge in [0.25, 0.3) is 0 Å². The molecular formula is C21H25NO4. The molecule has 0 N–H and O–H groups in total. The maximum absolute atomic E-state index is 6.14. The summed E-state index contributed by atoms with van der Waals surface area (Å²) in [5, 5.41) is 0. The fourth-order valence-corrected chi connectivity index (χ4v) is 3.86. The third-order valence-electron chi connectivity index (χ3n) is 5.32. The van der Waals surface area contributed by atoms with E-state index in [1.807, 2.05) is 24.3 Å². The first-order valence-electron chi connectivity index (χ1n) is 9.07. The van der Waals surface area contributed by atoms with Gasteiger partial charge in [-0.15, -0.1) is 0 Å². The quantitative estimate of drug-likeness (QED) is 0.840. The normalized spacial score (nSPS) is 21.8. The first-order valence-corrected chi connectivity index (χ1v) is 9.07. The molecule has 0 spiro atoms. The van der Waals surface area contributed by atoms with Crippen LogP contribution in [0.4, 0.5) is 0 Å². The Balaban J connectivity index is 1.50. The Kier molecular flexibility index (Phi) is 4.64. The van der Waals surface area contributed by atoms with E-state index >= 15 is 0 Å². The van der Waals surface area contributed by atoms with E-state index in [0.29, 0.717) is 12.6 Å². The van der Waals surface area contributed by atoms with E-state index in [4.69, 9.17) is 18.9 Å². The highest BCUT2D eigenvalue weighted by Crippen LogP contribution is 2.38. The van der Waals surface area contributed by atoms with Crippen molar-refractivity contribution in [3.8, 4) is 23.0 Å². The van der Waals surface area contributed by atoms with Crippen LogP contribution in [0.25, 0.3) is 0 Å². The molecule has 0 saturated carbocycles. The lowest BCUT2D eigenvalue weighted by Crippen LogP contribution is -2.44. The van der Waals surface area contributed by atoms with E-state index in [1.54, 1.807) is 14.2 Å². The molecule has 2 heterocycles. The molecule has 4 rings (SSSR count). The summed E-state index contributed by atoms with van der Waals surface area (Å²) in [5.74, 6) is 3.25. The topological polar surface area (TPSA) is 40.2 Å². The van der Waals surface area contributed by atoms with Crippen LogP contribution in [-0.2, 0) is 6.42 Å². The zero-order valence-electron chi connectivity index (χ0n) is 15.5. The summed E-state index contributed by atoms with van der Waals surface area (Å²) in [6.45, 7) is 4.65. The lowest BCUT2D eigenvalue weighted by Gasteiger charge is -2.38. The molecule has 0 bridgehead atoms. The third kappa shape index (κ3) is 3.07. The van der Waals surface area contributed by atoms with E-state index in [9.17, 15) is 0 Å². The van der Waals surface area contributed by atoms with E-state index in [-0.39, 0.29) is 6.10 Å². The first kappa shape index (κ1) is 17.0. The van der Waals surface area contributed by atoms with Crippen LogP contribution in [0.2, 0.25) is 0 Å². The summed E-state index contributed by atoms with van der Waals surface area (Å²) in [7, 11) is 3.36. The fraction of sp³-hybridized carbons (Fsp3) is 0.429. The van der Waals surface area contributed by atoms with Gasteiger partial charge in [0.05, 0.1) is 14.2 Å². The van der Waals surface area contributed by atoms with Crippen LogP contribution >= 0.6 is 0 Å². The highest BCUT2D eigenvalue weighted by atomic mass is 16.6. The van der Waals surface area contributed by atoms with Crippen molar-refractivity contribution >= 4 is 0 Å². The van der Waals surface area contributed by atoms with Crippen molar-refractivity contribution in [3.63, 3.8) is 0 Å². The van der Waals surface area contributed by atoms with Crippen LogP contribution in [0.15, 0.2) is 36.4 Å². The molecule has 1 unspecified atom stereocenters. The van der Waals surface area contributed by atoms with Crippen LogP contribution < -0.4 is 18.9 Å². The minimum atomic E-state index is 0.0362. The average Bonchev–Trinajstić information content (AvgIpc) is 2.69. The van der Waals surface area contributed by atoms with Gasteiger partial charge in [0.2, 0.25) is 0 Å². The molecule has 138 valence electrons. The maximum atomic E-state index is 6.14. The van der Waals surface area contributed by atoms with Crippen molar-refractivity contribution in [1.29, 1.82) is 0 Å². The Morgan fingerprint density at radius 1 is 1.08 bits per heavy atom. The molecule has 0 fully saturated rings. The molecule has 2 atom stereocenters. The standard InChI is InChI=1S/C21H25NO4/c1-14-17-11-21(24-3)20(23-2)10-15(17)8-9-22(14)12-16-13-25-18-6-4-5-7-19(18)26-16/h4-7,10-11,14,16H,8-9,12-13H2,1-3H3/t14-,16?/m1/s1. The van der Waals surface area contributed by atoms with Gasteiger partial charge in [0.1, 0.15) is 12.7 Å². The van der Waals surface area contributed by atoms with Gasteiger partial charge in [0, 0.05) is 19.1 Å². The van der Waals surface area contributed by atoms with Gasteiger partial charge in [-0.3, -0.25) is 4.90 Å². The summed E-state index contributed by atoms with van der Waals surface area (Å²) >= 11 is 0. The van der Waals surface area contributed by atoms with Crippen molar-refractivity contribution in [1.82, 2.24) is 4.90 Å². The van der Waals surface area contributed by atoms with Gasteiger partial charge in [0.15, 0.2) is 23.0 Å². The predicted octanol–water partition coefficient (Wildman–Crippen LogP) is 3.46. The minimum Gasteiger partial charge on any atom is -0.493 e. The van der Waals surface area contributed by atoms with Crippen LogP contribution in [0.3, 0.4) is 0 Å². The molecule has 5 nitrogen and oxygen atoms in total. The third-order valence-corrected chi connectivity index (χ3v) is 5.32. The summed E-state index contributed by atoms with van der Waals surface area (Å²) in [4.78, 5) is 2.45. The molecule has 0 aliphatic carbocycles. The van der Waals surface area contributed by atoms with E-state index in [0.717, 1.165) is 42.5 Å². The Morgan fingerprint density at radius 3 is 2.58 bits per heavy atom. The molecule has 26 heavy (non-hydrogen) atoms. The predicted molar refractivity (Wildman–Crippen MR) is 99.6 cm³/mol. The molecule has 0 saturated heterocycles. The molecular weight excluding hydrogens is 330 g/mol. The lowest BCUT2D eigenvalue weighted by atomic mass is 9.92. The molecule has 2 aliphatic heterocycles. The second kappa shape index (κ2) is 7.08. The molecule has 5 heteroatoms. The number of nitrogens with zero attached hydrogens (tertiary/aromatic N) is 1. The summed E-state index contributed by atoms with van der Waals surface area (Å²) in [6, 6.07) is 12.4. The van der Waals surface area contributed by atoms with Crippen molar-refractivity contribution in [2.45, 2.75) is 25.5 Å². The second-order valence-corrected chi connectivity index (χ2v) is 6.82. The molecule has 0 radical (unpaired) electrons. The zero-order chi connectivity index (χ0) is 18.1. The summed E-state index contributed by atoms with van der Waals surface area (Å²) < 4.78 is 22.9. The van der Waals surface area contributed by atoms with Crippen LogP contribution in [0.5, 0.6) is 23.0 Å². The number of fused-ring (bicyclic) bond motifs is 2. The van der Waals surface area contributed by atoms with Gasteiger partial charge < -0.3 is 18.9 Å². The van der Waals surface area contributed by atoms with Crippen LogP contribution in [0.1, 0.15) is 24.1 Å². The van der Waals surface area contributed by atoms with Crippen LogP contribution in [-0.4, -0.2) is 44.9 Å². The molecule has 2 aromatic rings. The summed E-state index contributed by atoms with van der Waals surface area (Å²) in [6.07, 6.45) is 1.03. The number of para-hydroxylation sites is 2. The molecule has 0 aromatic heterocycles. The van der Waals surface area contributed by atoms with Crippen molar-refractivity contribution < 1.29 is 18.9 Å². The van der Waals surface area contributed by atoms with Crippen LogP contribution in [0, 0.1) is 0 Å². The first-order chi connectivity index (χ1) is 12.7. The maximum Gasteiger partial charge on any atom is 0.161 e. The van der Waals surface area contributed by atoms with Gasteiger partial charge >= 0.3 is 0 Å². The lowest BCUT2D eigenvalue weighted by molar-refractivity contribution is 0.0447. The highest BCUT2D eigenvalue weighted by Gasteiger charge is 2.30. The van der Waals surface area contributed by atoms with Gasteiger partial charge in [-0.1, -0.05) is 12.1 Å². The van der Waals surface area contributed by atoms with Crippen molar-refractivity contribution in [2.75, 3.05) is 33.9 Å². The highest BCUT2D eigenvalue weighted by molar-refractivity contribution is 5.49. The Hall–Kier alpha value is -2.40. The van der Waals surface area contributed by atoms with Gasteiger partial charge in [-0.2, -0.15) is 0 Å². The molecule has 2 aliphatic rings. The monoisotopic (exact) mass is 355 g/mol. The number of hydrogen-bond acceptors (Lipinski definition) is 5. The minimum absolute atomic E-state index is 0.0362. The Labute approximate surface area is 154 Å². The SMILES string of the molecule is COc1cc2c(cc1OC)[C@@H](C)N(CC1COc3ccccc3O1)CC2.